The van der Waals surface area contributed by atoms with Gasteiger partial charge in [-0.25, -0.2) is 0 Å². The first-order valence-corrected chi connectivity index (χ1v) is 6.29. The van der Waals surface area contributed by atoms with Gasteiger partial charge in [-0.2, -0.15) is 5.26 Å². The first-order chi connectivity index (χ1) is 9.08. The Bertz CT molecular complexity index is 465. The van der Waals surface area contributed by atoms with Crippen LogP contribution in [0.1, 0.15) is 24.5 Å². The lowest BCUT2D eigenvalue weighted by atomic mass is 10.0. The van der Waals surface area contributed by atoms with E-state index in [0.29, 0.717) is 6.42 Å². The Morgan fingerprint density at radius 3 is 2.63 bits per heavy atom. The van der Waals surface area contributed by atoms with E-state index in [0.717, 1.165) is 17.7 Å². The number of nitriles is 1. The third-order valence-electron chi connectivity index (χ3n) is 3.24. The monoisotopic (exact) mass is 260 g/mol. The van der Waals surface area contributed by atoms with Crippen LogP contribution in [-0.4, -0.2) is 31.1 Å². The lowest BCUT2D eigenvalue weighted by Crippen LogP contribution is -2.28. The van der Waals surface area contributed by atoms with Crippen LogP contribution in [0, 0.1) is 11.3 Å². The van der Waals surface area contributed by atoms with Crippen molar-refractivity contribution in [1.29, 1.82) is 5.26 Å². The summed E-state index contributed by atoms with van der Waals surface area (Å²) in [4.78, 5) is 13.5. The normalized spacial score (nSPS) is 11.9. The average Bonchev–Trinajstić information content (AvgIpc) is 2.41. The van der Waals surface area contributed by atoms with E-state index < -0.39 is 0 Å². The van der Waals surface area contributed by atoms with Gasteiger partial charge in [-0.1, -0.05) is 24.3 Å². The maximum absolute atomic E-state index is 11.4. The molecule has 0 saturated heterocycles. The minimum Gasteiger partial charge on any atom is -0.469 e. The molecule has 1 rings (SSSR count). The number of methoxy groups -OCH3 is 1. The molecule has 0 N–H and O–H groups in total. The summed E-state index contributed by atoms with van der Waals surface area (Å²) in [5, 5.41) is 8.72. The minimum absolute atomic E-state index is 0.191. The Morgan fingerprint density at radius 2 is 2.05 bits per heavy atom. The molecule has 0 aromatic heterocycles. The molecule has 0 radical (unpaired) electrons. The van der Waals surface area contributed by atoms with E-state index in [1.54, 1.807) is 0 Å². The second kappa shape index (κ2) is 7.55. The van der Waals surface area contributed by atoms with E-state index in [-0.39, 0.29) is 18.4 Å². The van der Waals surface area contributed by atoms with Crippen molar-refractivity contribution < 1.29 is 9.53 Å². The summed E-state index contributed by atoms with van der Waals surface area (Å²) >= 11 is 0. The molecule has 0 bridgehead atoms. The number of carbonyl (C=O) groups is 1. The lowest BCUT2D eigenvalue weighted by molar-refractivity contribution is -0.139. The summed E-state index contributed by atoms with van der Waals surface area (Å²) in [6.07, 6.45) is 0.781. The number of ether oxygens (including phenoxy) is 1. The number of esters is 1. The molecule has 1 unspecified atom stereocenters. The summed E-state index contributed by atoms with van der Waals surface area (Å²) in [6.45, 7) is 2.74. The third kappa shape index (κ3) is 4.72. The number of benzene rings is 1. The van der Waals surface area contributed by atoms with E-state index in [1.807, 2.05) is 38.2 Å². The quantitative estimate of drug-likeness (QED) is 0.735. The second-order valence-corrected chi connectivity index (χ2v) is 4.65. The number of rotatable bonds is 6. The Balaban J connectivity index is 2.78. The molecule has 0 aliphatic carbocycles. The highest BCUT2D eigenvalue weighted by molar-refractivity contribution is 5.72. The maximum Gasteiger partial charge on any atom is 0.309 e. The zero-order valence-electron chi connectivity index (χ0n) is 11.7. The van der Waals surface area contributed by atoms with Gasteiger partial charge in [-0.05, 0) is 25.1 Å². The zero-order chi connectivity index (χ0) is 14.3. The van der Waals surface area contributed by atoms with Crippen LogP contribution < -0.4 is 0 Å². The highest BCUT2D eigenvalue weighted by atomic mass is 16.5. The van der Waals surface area contributed by atoms with Crippen molar-refractivity contribution in [3.63, 3.8) is 0 Å². The fourth-order valence-electron chi connectivity index (χ4n) is 1.82. The van der Waals surface area contributed by atoms with Gasteiger partial charge in [-0.3, -0.25) is 9.69 Å². The van der Waals surface area contributed by atoms with Gasteiger partial charge in [0.1, 0.15) is 0 Å². The smallest absolute Gasteiger partial charge is 0.309 e. The van der Waals surface area contributed by atoms with Gasteiger partial charge in [0, 0.05) is 12.6 Å². The summed E-state index contributed by atoms with van der Waals surface area (Å²) in [5.74, 6) is -0.236. The van der Waals surface area contributed by atoms with E-state index in [9.17, 15) is 4.79 Å². The molecule has 1 aromatic carbocycles. The van der Waals surface area contributed by atoms with Crippen LogP contribution in [0.3, 0.4) is 0 Å². The van der Waals surface area contributed by atoms with Crippen molar-refractivity contribution >= 4 is 5.97 Å². The van der Waals surface area contributed by atoms with E-state index in [4.69, 9.17) is 10.00 Å². The van der Waals surface area contributed by atoms with Crippen molar-refractivity contribution in [1.82, 2.24) is 4.90 Å². The van der Waals surface area contributed by atoms with Gasteiger partial charge in [0.25, 0.3) is 0 Å². The molecule has 1 aromatic rings. The van der Waals surface area contributed by atoms with Gasteiger partial charge in [-0.15, -0.1) is 0 Å². The predicted octanol–water partition coefficient (Wildman–Crippen LogP) is 2.14. The summed E-state index contributed by atoms with van der Waals surface area (Å²) in [6, 6.07) is 10.2. The van der Waals surface area contributed by atoms with Crippen LogP contribution >= 0.6 is 0 Å². The summed E-state index contributed by atoms with van der Waals surface area (Å²) in [5.41, 5.74) is 2.07. The summed E-state index contributed by atoms with van der Waals surface area (Å²) < 4.78 is 4.70. The number of hydrogen-bond acceptors (Lipinski definition) is 4. The molecule has 19 heavy (non-hydrogen) atoms. The fraction of sp³-hybridized carbons (Fsp3) is 0.467. The number of carbonyl (C=O) groups excluding carboxylic acids is 1. The van der Waals surface area contributed by atoms with E-state index >= 15 is 0 Å². The molecule has 0 spiro atoms. The van der Waals surface area contributed by atoms with Crippen LogP contribution in [0.5, 0.6) is 0 Å². The standard InChI is InChI=1S/C15H20N2O2/c1-12(8-9-16)17(2)11-14-7-5-4-6-13(14)10-15(18)19-3/h4-7,12H,8,10-11H2,1-3H3. The first kappa shape index (κ1) is 15.2. The van der Waals surface area contributed by atoms with Crippen molar-refractivity contribution in [2.45, 2.75) is 32.4 Å². The zero-order valence-corrected chi connectivity index (χ0v) is 11.7. The molecule has 0 aliphatic rings. The van der Waals surface area contributed by atoms with Crippen LogP contribution in [0.2, 0.25) is 0 Å². The average molecular weight is 260 g/mol. The molecular formula is C15H20N2O2. The van der Waals surface area contributed by atoms with Crippen LogP contribution in [0.25, 0.3) is 0 Å². The Kier molecular flexibility index (Phi) is 6.04. The largest absolute Gasteiger partial charge is 0.469 e. The van der Waals surface area contributed by atoms with Gasteiger partial charge in [0.15, 0.2) is 0 Å². The highest BCUT2D eigenvalue weighted by Gasteiger charge is 2.13. The SMILES string of the molecule is COC(=O)Cc1ccccc1CN(C)C(C)CC#N. The van der Waals surface area contributed by atoms with Crippen LogP contribution in [-0.2, 0) is 22.5 Å². The molecule has 1 atom stereocenters. The Hall–Kier alpha value is -1.86. The first-order valence-electron chi connectivity index (χ1n) is 6.29. The van der Waals surface area contributed by atoms with Crippen LogP contribution in [0.15, 0.2) is 24.3 Å². The van der Waals surface area contributed by atoms with Gasteiger partial charge in [0.2, 0.25) is 0 Å². The molecule has 4 nitrogen and oxygen atoms in total. The molecule has 0 aliphatic heterocycles. The number of hydrogen-bond donors (Lipinski definition) is 0. The van der Waals surface area contributed by atoms with Crippen molar-refractivity contribution in [2.75, 3.05) is 14.2 Å². The topological polar surface area (TPSA) is 53.3 Å². The van der Waals surface area contributed by atoms with Gasteiger partial charge < -0.3 is 4.74 Å². The van der Waals surface area contributed by atoms with Crippen molar-refractivity contribution in [2.24, 2.45) is 0 Å². The molecule has 0 heterocycles. The number of nitrogens with zero attached hydrogens (tertiary/aromatic N) is 2. The van der Waals surface area contributed by atoms with E-state index in [1.165, 1.54) is 7.11 Å². The lowest BCUT2D eigenvalue weighted by Gasteiger charge is -2.23. The minimum atomic E-state index is -0.236. The fourth-order valence-corrected chi connectivity index (χ4v) is 1.82. The highest BCUT2D eigenvalue weighted by Crippen LogP contribution is 2.14. The van der Waals surface area contributed by atoms with Gasteiger partial charge >= 0.3 is 5.97 Å². The molecule has 4 heteroatoms. The van der Waals surface area contributed by atoms with Crippen molar-refractivity contribution in [3.8, 4) is 6.07 Å². The molecule has 102 valence electrons. The van der Waals surface area contributed by atoms with Crippen LogP contribution in [0.4, 0.5) is 0 Å². The maximum atomic E-state index is 11.4. The van der Waals surface area contributed by atoms with Gasteiger partial charge in [0.05, 0.1) is 26.0 Å². The Labute approximate surface area is 114 Å². The second-order valence-electron chi connectivity index (χ2n) is 4.65. The predicted molar refractivity (Wildman–Crippen MR) is 73.3 cm³/mol. The Morgan fingerprint density at radius 1 is 1.42 bits per heavy atom. The molecule has 0 fully saturated rings. The molecular weight excluding hydrogens is 240 g/mol. The third-order valence-corrected chi connectivity index (χ3v) is 3.24. The molecule has 0 amide bonds. The van der Waals surface area contributed by atoms with E-state index in [2.05, 4.69) is 11.0 Å². The molecule has 0 saturated carbocycles. The van der Waals surface area contributed by atoms with Crippen molar-refractivity contribution in [3.05, 3.63) is 35.4 Å². The summed E-state index contributed by atoms with van der Waals surface area (Å²) in [7, 11) is 3.38.